The van der Waals surface area contributed by atoms with Crippen LogP contribution in [0.2, 0.25) is 0 Å². The number of hydrogen-bond donors (Lipinski definition) is 2. The Hall–Kier alpha value is -2.34. The predicted octanol–water partition coefficient (Wildman–Crippen LogP) is 2.15. The van der Waals surface area contributed by atoms with E-state index < -0.39 is 5.97 Å². The van der Waals surface area contributed by atoms with Gasteiger partial charge in [-0.25, -0.2) is 4.79 Å². The monoisotopic (exact) mass is 318 g/mol. The van der Waals surface area contributed by atoms with E-state index in [1.165, 1.54) is 4.88 Å². The smallest absolute Gasteiger partial charge is 0.340 e. The van der Waals surface area contributed by atoms with E-state index in [1.54, 1.807) is 23.5 Å². The third-order valence-electron chi connectivity index (χ3n) is 3.15. The second kappa shape index (κ2) is 7.61. The zero-order chi connectivity index (χ0) is 15.9. The van der Waals surface area contributed by atoms with Gasteiger partial charge in [0.15, 0.2) is 6.61 Å². The van der Waals surface area contributed by atoms with Crippen LogP contribution in [-0.4, -0.2) is 25.0 Å². The van der Waals surface area contributed by atoms with Gasteiger partial charge in [-0.2, -0.15) is 0 Å². The van der Waals surface area contributed by atoms with E-state index in [9.17, 15) is 9.59 Å². The molecule has 22 heavy (non-hydrogen) atoms. The molecule has 0 atom stereocenters. The molecule has 3 N–H and O–H groups in total. The average Bonchev–Trinajstić information content (AvgIpc) is 3.01. The van der Waals surface area contributed by atoms with Crippen LogP contribution < -0.4 is 11.1 Å². The Labute approximate surface area is 133 Å². The van der Waals surface area contributed by atoms with Gasteiger partial charge < -0.3 is 15.8 Å². The van der Waals surface area contributed by atoms with Crippen LogP contribution in [0.3, 0.4) is 0 Å². The first kappa shape index (κ1) is 16.0. The van der Waals surface area contributed by atoms with Gasteiger partial charge in [0, 0.05) is 17.1 Å². The standard InChI is InChI=1S/C16H18N2O3S/c1-11-4-2-6-13(15(11)17)16(20)21-10-14(19)18-8-7-12-5-3-9-22-12/h2-6,9H,7-8,10,17H2,1H3,(H,18,19). The van der Waals surface area contributed by atoms with Crippen LogP contribution in [0.25, 0.3) is 0 Å². The highest BCUT2D eigenvalue weighted by molar-refractivity contribution is 7.09. The summed E-state index contributed by atoms with van der Waals surface area (Å²) in [5.74, 6) is -0.911. The van der Waals surface area contributed by atoms with Crippen molar-refractivity contribution in [1.82, 2.24) is 5.32 Å². The Balaban J connectivity index is 1.76. The molecule has 0 bridgehead atoms. The minimum Gasteiger partial charge on any atom is -0.452 e. The Morgan fingerprint density at radius 2 is 2.09 bits per heavy atom. The lowest BCUT2D eigenvalue weighted by Crippen LogP contribution is -2.30. The number of rotatable bonds is 6. The Kier molecular flexibility index (Phi) is 5.55. The van der Waals surface area contributed by atoms with Gasteiger partial charge in [-0.1, -0.05) is 18.2 Å². The van der Waals surface area contributed by atoms with Crippen molar-refractivity contribution in [3.8, 4) is 0 Å². The predicted molar refractivity (Wildman–Crippen MR) is 86.9 cm³/mol. The van der Waals surface area contributed by atoms with Gasteiger partial charge in [0.05, 0.1) is 5.56 Å². The van der Waals surface area contributed by atoms with Crippen molar-refractivity contribution in [1.29, 1.82) is 0 Å². The lowest BCUT2D eigenvalue weighted by Gasteiger charge is -2.09. The third kappa shape index (κ3) is 4.33. The molecule has 0 saturated heterocycles. The first-order valence-electron chi connectivity index (χ1n) is 6.89. The van der Waals surface area contributed by atoms with Crippen LogP contribution in [0.15, 0.2) is 35.7 Å². The molecule has 116 valence electrons. The zero-order valence-electron chi connectivity index (χ0n) is 12.3. The molecule has 1 heterocycles. The minimum atomic E-state index is -0.588. The molecule has 0 fully saturated rings. The Morgan fingerprint density at radius 1 is 1.27 bits per heavy atom. The van der Waals surface area contributed by atoms with Gasteiger partial charge in [0.1, 0.15) is 0 Å². The fourth-order valence-corrected chi connectivity index (χ4v) is 2.61. The summed E-state index contributed by atoms with van der Waals surface area (Å²) in [5.41, 5.74) is 7.29. The van der Waals surface area contributed by atoms with E-state index in [0.29, 0.717) is 12.2 Å². The maximum Gasteiger partial charge on any atom is 0.340 e. The number of nitrogen functional groups attached to an aromatic ring is 1. The van der Waals surface area contributed by atoms with Crippen molar-refractivity contribution < 1.29 is 14.3 Å². The molecular formula is C16H18N2O3S. The maximum absolute atomic E-state index is 11.9. The first-order valence-corrected chi connectivity index (χ1v) is 7.77. The van der Waals surface area contributed by atoms with E-state index in [4.69, 9.17) is 10.5 Å². The second-order valence-electron chi connectivity index (χ2n) is 4.79. The molecule has 0 aliphatic heterocycles. The van der Waals surface area contributed by atoms with Gasteiger partial charge >= 0.3 is 5.97 Å². The van der Waals surface area contributed by atoms with E-state index in [-0.39, 0.29) is 18.1 Å². The van der Waals surface area contributed by atoms with Crippen LogP contribution in [0, 0.1) is 6.92 Å². The van der Waals surface area contributed by atoms with Gasteiger partial charge in [-0.05, 0) is 36.4 Å². The summed E-state index contributed by atoms with van der Waals surface area (Å²) in [6.45, 7) is 2.02. The van der Waals surface area contributed by atoms with Crippen LogP contribution in [0.4, 0.5) is 5.69 Å². The number of ether oxygens (including phenoxy) is 1. The summed E-state index contributed by atoms with van der Waals surface area (Å²) in [5, 5.41) is 4.70. The van der Waals surface area contributed by atoms with Crippen LogP contribution in [-0.2, 0) is 16.0 Å². The summed E-state index contributed by atoms with van der Waals surface area (Å²) < 4.78 is 4.99. The summed E-state index contributed by atoms with van der Waals surface area (Å²) in [4.78, 5) is 24.7. The van der Waals surface area contributed by atoms with Gasteiger partial charge in [-0.3, -0.25) is 4.79 Å². The van der Waals surface area contributed by atoms with E-state index in [1.807, 2.05) is 30.5 Å². The molecule has 0 aliphatic rings. The Bertz CT molecular complexity index is 653. The largest absolute Gasteiger partial charge is 0.452 e. The van der Waals surface area contributed by atoms with Gasteiger partial charge in [-0.15, -0.1) is 11.3 Å². The molecule has 0 radical (unpaired) electrons. The minimum absolute atomic E-state index is 0.284. The molecular weight excluding hydrogens is 300 g/mol. The second-order valence-corrected chi connectivity index (χ2v) is 5.82. The van der Waals surface area contributed by atoms with Crippen molar-refractivity contribution in [2.24, 2.45) is 0 Å². The number of carbonyl (C=O) groups is 2. The van der Waals surface area contributed by atoms with Crippen LogP contribution in [0.5, 0.6) is 0 Å². The van der Waals surface area contributed by atoms with Crippen molar-refractivity contribution in [2.45, 2.75) is 13.3 Å². The SMILES string of the molecule is Cc1cccc(C(=O)OCC(=O)NCCc2cccs2)c1N. The number of benzene rings is 1. The quantitative estimate of drug-likeness (QED) is 0.631. The van der Waals surface area contributed by atoms with Crippen molar-refractivity contribution in [3.05, 3.63) is 51.7 Å². The summed E-state index contributed by atoms with van der Waals surface area (Å²) >= 11 is 1.64. The fourth-order valence-electron chi connectivity index (χ4n) is 1.90. The van der Waals surface area contributed by atoms with Crippen LogP contribution >= 0.6 is 11.3 Å². The van der Waals surface area contributed by atoms with Crippen molar-refractivity contribution >= 4 is 28.9 Å². The summed E-state index contributed by atoms with van der Waals surface area (Å²) in [7, 11) is 0. The molecule has 1 aromatic heterocycles. The molecule has 0 saturated carbocycles. The molecule has 1 aromatic carbocycles. The topological polar surface area (TPSA) is 81.4 Å². The molecule has 1 amide bonds. The normalized spacial score (nSPS) is 10.2. The average molecular weight is 318 g/mol. The highest BCUT2D eigenvalue weighted by Gasteiger charge is 2.13. The first-order chi connectivity index (χ1) is 10.6. The molecule has 0 aliphatic carbocycles. The molecule has 6 heteroatoms. The van der Waals surface area contributed by atoms with Gasteiger partial charge in [0.25, 0.3) is 5.91 Å². The number of carbonyl (C=O) groups excluding carboxylic acids is 2. The van der Waals surface area contributed by atoms with E-state index in [0.717, 1.165) is 12.0 Å². The summed E-state index contributed by atoms with van der Waals surface area (Å²) in [6, 6.07) is 9.10. The fraction of sp³-hybridized carbons (Fsp3) is 0.250. The number of thiophene rings is 1. The zero-order valence-corrected chi connectivity index (χ0v) is 13.1. The lowest BCUT2D eigenvalue weighted by molar-refractivity contribution is -0.124. The number of nitrogens with one attached hydrogen (secondary N) is 1. The third-order valence-corrected chi connectivity index (χ3v) is 4.09. The number of amides is 1. The maximum atomic E-state index is 11.9. The van der Waals surface area contributed by atoms with Crippen LogP contribution in [0.1, 0.15) is 20.8 Å². The number of anilines is 1. The van der Waals surface area contributed by atoms with Crippen molar-refractivity contribution in [3.63, 3.8) is 0 Å². The van der Waals surface area contributed by atoms with E-state index >= 15 is 0 Å². The highest BCUT2D eigenvalue weighted by Crippen LogP contribution is 2.17. The Morgan fingerprint density at radius 3 is 2.82 bits per heavy atom. The number of esters is 1. The molecule has 2 aromatic rings. The number of aryl methyl sites for hydroxylation is 1. The molecule has 5 nitrogen and oxygen atoms in total. The van der Waals surface area contributed by atoms with E-state index in [2.05, 4.69) is 5.32 Å². The van der Waals surface area contributed by atoms with Crippen molar-refractivity contribution in [2.75, 3.05) is 18.9 Å². The molecule has 0 spiro atoms. The molecule has 0 unspecified atom stereocenters. The van der Waals surface area contributed by atoms with Gasteiger partial charge in [0.2, 0.25) is 0 Å². The number of nitrogens with two attached hydrogens (primary N) is 1. The highest BCUT2D eigenvalue weighted by atomic mass is 32.1. The summed E-state index contributed by atoms with van der Waals surface area (Å²) in [6.07, 6.45) is 0.766. The lowest BCUT2D eigenvalue weighted by atomic mass is 10.1. The molecule has 2 rings (SSSR count). The number of para-hydroxylation sites is 1. The number of hydrogen-bond acceptors (Lipinski definition) is 5.